The number of nitriles is 1. The summed E-state index contributed by atoms with van der Waals surface area (Å²) in [5, 5.41) is 20.9. The van der Waals surface area contributed by atoms with Gasteiger partial charge in [-0.05, 0) is 32.0 Å². The molecule has 0 radical (unpaired) electrons. The summed E-state index contributed by atoms with van der Waals surface area (Å²) in [5.74, 6) is -1.30. The van der Waals surface area contributed by atoms with Gasteiger partial charge in [0, 0.05) is 0 Å². The Kier molecular flexibility index (Phi) is 2.91. The Morgan fingerprint density at radius 1 is 1.53 bits per heavy atom. The standard InChI is InChI=1S/C13H13N3O3/c1-13(2,12(18)19)16-7-11(17)15-9-4-3-8(6-14)5-10(9)16/h3-5H,7H2,1-2H3,(H,15,17)(H,18,19). The van der Waals surface area contributed by atoms with Crippen molar-refractivity contribution in [2.24, 2.45) is 0 Å². The van der Waals surface area contributed by atoms with Gasteiger partial charge >= 0.3 is 5.97 Å². The second kappa shape index (κ2) is 4.28. The first-order valence-electron chi connectivity index (χ1n) is 5.71. The van der Waals surface area contributed by atoms with Crippen LogP contribution in [0.1, 0.15) is 19.4 Å². The van der Waals surface area contributed by atoms with Crippen molar-refractivity contribution in [1.82, 2.24) is 0 Å². The summed E-state index contributed by atoms with van der Waals surface area (Å²) in [7, 11) is 0. The van der Waals surface area contributed by atoms with Crippen LogP contribution in [0.5, 0.6) is 0 Å². The molecule has 1 aliphatic heterocycles. The Labute approximate surface area is 110 Å². The maximum Gasteiger partial charge on any atom is 0.328 e. The monoisotopic (exact) mass is 259 g/mol. The number of anilines is 2. The summed E-state index contributed by atoms with van der Waals surface area (Å²) in [6.45, 7) is 2.99. The largest absolute Gasteiger partial charge is 0.480 e. The molecule has 6 nitrogen and oxygen atoms in total. The highest BCUT2D eigenvalue weighted by molar-refractivity contribution is 6.03. The molecule has 2 rings (SSSR count). The number of carboxylic acid groups (broad SMARTS) is 1. The highest BCUT2D eigenvalue weighted by Crippen LogP contribution is 2.35. The number of fused-ring (bicyclic) bond motifs is 1. The van der Waals surface area contributed by atoms with Crippen LogP contribution >= 0.6 is 0 Å². The molecule has 0 aromatic heterocycles. The van der Waals surface area contributed by atoms with Crippen molar-refractivity contribution in [3.05, 3.63) is 23.8 Å². The van der Waals surface area contributed by atoms with Gasteiger partial charge in [-0.3, -0.25) is 4.79 Å². The van der Waals surface area contributed by atoms with Gasteiger partial charge in [0.05, 0.1) is 29.6 Å². The minimum Gasteiger partial charge on any atom is -0.480 e. The molecule has 1 heterocycles. The van der Waals surface area contributed by atoms with Gasteiger partial charge in [0.25, 0.3) is 0 Å². The van der Waals surface area contributed by atoms with E-state index in [1.807, 2.05) is 6.07 Å². The lowest BCUT2D eigenvalue weighted by molar-refractivity contribution is -0.142. The van der Waals surface area contributed by atoms with Crippen LogP contribution in [0, 0.1) is 11.3 Å². The zero-order valence-corrected chi connectivity index (χ0v) is 10.6. The van der Waals surface area contributed by atoms with Crippen molar-refractivity contribution >= 4 is 23.3 Å². The third kappa shape index (κ3) is 2.10. The maximum absolute atomic E-state index is 11.6. The lowest BCUT2D eigenvalue weighted by Gasteiger charge is -2.40. The van der Waals surface area contributed by atoms with Crippen molar-refractivity contribution in [1.29, 1.82) is 5.26 Å². The first-order chi connectivity index (χ1) is 8.86. The number of carbonyl (C=O) groups is 2. The molecule has 98 valence electrons. The number of carbonyl (C=O) groups excluding carboxylic acids is 1. The van der Waals surface area contributed by atoms with E-state index in [2.05, 4.69) is 5.32 Å². The molecule has 6 heteroatoms. The van der Waals surface area contributed by atoms with Crippen molar-refractivity contribution in [2.75, 3.05) is 16.8 Å². The zero-order valence-electron chi connectivity index (χ0n) is 10.6. The number of aliphatic carboxylic acids is 1. The van der Waals surface area contributed by atoms with E-state index in [4.69, 9.17) is 5.26 Å². The number of hydrogen-bond acceptors (Lipinski definition) is 4. The minimum absolute atomic E-state index is 0.0544. The van der Waals surface area contributed by atoms with Gasteiger partial charge in [0.2, 0.25) is 5.91 Å². The number of nitrogens with one attached hydrogen (secondary N) is 1. The number of benzene rings is 1. The lowest BCUT2D eigenvalue weighted by atomic mass is 9.99. The van der Waals surface area contributed by atoms with E-state index < -0.39 is 11.5 Å². The topological polar surface area (TPSA) is 93.4 Å². The summed E-state index contributed by atoms with van der Waals surface area (Å²) in [6.07, 6.45) is 0. The summed E-state index contributed by atoms with van der Waals surface area (Å²) in [4.78, 5) is 24.5. The van der Waals surface area contributed by atoms with E-state index in [0.717, 1.165) is 0 Å². The van der Waals surface area contributed by atoms with E-state index >= 15 is 0 Å². The molecule has 0 unspecified atom stereocenters. The molecule has 0 atom stereocenters. The smallest absolute Gasteiger partial charge is 0.328 e. The second-order valence-electron chi connectivity index (χ2n) is 4.84. The molecule has 2 N–H and O–H groups in total. The van der Waals surface area contributed by atoms with Gasteiger partial charge in [0.1, 0.15) is 5.54 Å². The zero-order chi connectivity index (χ0) is 14.2. The van der Waals surface area contributed by atoms with Crippen LogP contribution in [0.15, 0.2) is 18.2 Å². The van der Waals surface area contributed by atoms with E-state index in [-0.39, 0.29) is 12.5 Å². The van der Waals surface area contributed by atoms with Crippen LogP contribution in [0.25, 0.3) is 0 Å². The molecule has 0 spiro atoms. The molecule has 1 aromatic carbocycles. The predicted molar refractivity (Wildman–Crippen MR) is 68.8 cm³/mol. The van der Waals surface area contributed by atoms with Crippen LogP contribution in [0.2, 0.25) is 0 Å². The number of amides is 1. The Bertz CT molecular complexity index is 602. The first kappa shape index (κ1) is 12.9. The van der Waals surface area contributed by atoms with Gasteiger partial charge < -0.3 is 15.3 Å². The Morgan fingerprint density at radius 3 is 2.79 bits per heavy atom. The third-order valence-electron chi connectivity index (χ3n) is 3.19. The van der Waals surface area contributed by atoms with Crippen LogP contribution in [0.3, 0.4) is 0 Å². The maximum atomic E-state index is 11.6. The molecule has 19 heavy (non-hydrogen) atoms. The summed E-state index contributed by atoms with van der Waals surface area (Å²) >= 11 is 0. The van der Waals surface area contributed by atoms with Crippen molar-refractivity contribution in [3.63, 3.8) is 0 Å². The average Bonchev–Trinajstić information content (AvgIpc) is 2.36. The van der Waals surface area contributed by atoms with Gasteiger partial charge in [-0.1, -0.05) is 0 Å². The molecule has 1 amide bonds. The van der Waals surface area contributed by atoms with E-state index in [9.17, 15) is 14.7 Å². The van der Waals surface area contributed by atoms with Crippen LogP contribution in [-0.2, 0) is 9.59 Å². The van der Waals surface area contributed by atoms with Crippen LogP contribution in [0.4, 0.5) is 11.4 Å². The van der Waals surface area contributed by atoms with Gasteiger partial charge in [0.15, 0.2) is 0 Å². The average molecular weight is 259 g/mol. The first-order valence-corrected chi connectivity index (χ1v) is 5.71. The van der Waals surface area contributed by atoms with Gasteiger partial charge in [-0.2, -0.15) is 5.26 Å². The molecule has 1 aromatic rings. The van der Waals surface area contributed by atoms with Crippen molar-refractivity contribution < 1.29 is 14.7 Å². The van der Waals surface area contributed by atoms with Crippen LogP contribution < -0.4 is 10.2 Å². The fourth-order valence-corrected chi connectivity index (χ4v) is 1.96. The molecule has 1 aliphatic rings. The quantitative estimate of drug-likeness (QED) is 0.831. The summed E-state index contributed by atoms with van der Waals surface area (Å²) in [5.41, 5.74) is 0.248. The van der Waals surface area contributed by atoms with E-state index in [1.54, 1.807) is 18.2 Å². The van der Waals surface area contributed by atoms with E-state index in [0.29, 0.717) is 16.9 Å². The SMILES string of the molecule is CC(C)(C(=O)O)N1CC(=O)Nc2ccc(C#N)cc21. The second-order valence-corrected chi connectivity index (χ2v) is 4.84. The molecule has 0 fully saturated rings. The van der Waals surface area contributed by atoms with Gasteiger partial charge in [-0.25, -0.2) is 4.79 Å². The van der Waals surface area contributed by atoms with Crippen molar-refractivity contribution in [2.45, 2.75) is 19.4 Å². The third-order valence-corrected chi connectivity index (χ3v) is 3.19. The van der Waals surface area contributed by atoms with E-state index in [1.165, 1.54) is 18.7 Å². The number of nitrogens with zero attached hydrogens (tertiary/aromatic N) is 2. The molecule has 0 bridgehead atoms. The number of carboxylic acids is 1. The number of hydrogen-bond donors (Lipinski definition) is 2. The Balaban J connectivity index is 2.57. The van der Waals surface area contributed by atoms with Gasteiger partial charge in [-0.15, -0.1) is 0 Å². The molecule has 0 saturated heterocycles. The summed E-state index contributed by atoms with van der Waals surface area (Å²) < 4.78 is 0. The molecular weight excluding hydrogens is 246 g/mol. The minimum atomic E-state index is -1.24. The predicted octanol–water partition coefficient (Wildman–Crippen LogP) is 1.18. The fourth-order valence-electron chi connectivity index (χ4n) is 1.96. The normalized spacial score (nSPS) is 14.4. The van der Waals surface area contributed by atoms with Crippen LogP contribution in [-0.4, -0.2) is 29.1 Å². The fraction of sp³-hybridized carbons (Fsp3) is 0.308. The lowest BCUT2D eigenvalue weighted by Crippen LogP contribution is -2.55. The molecule has 0 saturated carbocycles. The molecular formula is C13H13N3O3. The number of rotatable bonds is 2. The highest BCUT2D eigenvalue weighted by atomic mass is 16.4. The molecule has 0 aliphatic carbocycles. The Morgan fingerprint density at radius 2 is 2.21 bits per heavy atom. The Hall–Kier alpha value is -2.55. The summed E-state index contributed by atoms with van der Waals surface area (Å²) in [6, 6.07) is 6.77. The van der Waals surface area contributed by atoms with Crippen molar-refractivity contribution in [3.8, 4) is 6.07 Å². The highest BCUT2D eigenvalue weighted by Gasteiger charge is 2.39.